The minimum atomic E-state index is -0.193. The van der Waals surface area contributed by atoms with E-state index in [2.05, 4.69) is 16.4 Å². The summed E-state index contributed by atoms with van der Waals surface area (Å²) in [7, 11) is 0. The van der Waals surface area contributed by atoms with Gasteiger partial charge >= 0.3 is 0 Å². The maximum atomic E-state index is 12.8. The molecule has 0 radical (unpaired) electrons. The van der Waals surface area contributed by atoms with Crippen LogP contribution in [-0.4, -0.2) is 11.5 Å². The van der Waals surface area contributed by atoms with E-state index >= 15 is 0 Å². The molecule has 1 aliphatic rings. The van der Waals surface area contributed by atoms with Gasteiger partial charge in [0, 0.05) is 17.9 Å². The minimum absolute atomic E-state index is 0.193. The number of aromatic nitrogens is 1. The Morgan fingerprint density at radius 1 is 1.12 bits per heavy atom. The van der Waals surface area contributed by atoms with E-state index in [1.54, 1.807) is 12.1 Å². The summed E-state index contributed by atoms with van der Waals surface area (Å²) in [4.78, 5) is 3.38. The minimum Gasteiger partial charge on any atom is -0.357 e. The summed E-state index contributed by atoms with van der Waals surface area (Å²) in [5, 5.41) is 3.32. The van der Waals surface area contributed by atoms with Gasteiger partial charge in [-0.25, -0.2) is 4.39 Å². The summed E-state index contributed by atoms with van der Waals surface area (Å²) >= 11 is 0. The molecular weight excluding hydrogens is 203 g/mol. The molecule has 2 nitrogen and oxygen atoms in total. The van der Waals surface area contributed by atoms with Crippen molar-refractivity contribution in [3.63, 3.8) is 0 Å². The monoisotopic (exact) mass is 216 g/mol. The highest BCUT2D eigenvalue weighted by Gasteiger charge is 2.12. The van der Waals surface area contributed by atoms with Crippen molar-refractivity contribution < 1.29 is 4.39 Å². The number of H-pyrrole nitrogens is 1. The Kier molecular flexibility index (Phi) is 2.26. The number of aromatic amines is 1. The molecule has 0 amide bonds. The predicted octanol–water partition coefficient (Wildman–Crippen LogP) is 2.47. The van der Waals surface area contributed by atoms with E-state index in [0.717, 1.165) is 30.8 Å². The third kappa shape index (κ3) is 1.63. The lowest BCUT2D eigenvalue weighted by Gasteiger charge is -2.11. The highest BCUT2D eigenvalue weighted by molar-refractivity contribution is 5.61. The van der Waals surface area contributed by atoms with Crippen LogP contribution in [-0.2, 0) is 13.0 Å². The van der Waals surface area contributed by atoms with Gasteiger partial charge in [-0.3, -0.25) is 0 Å². The molecule has 1 aliphatic heterocycles. The quantitative estimate of drug-likeness (QED) is 0.753. The van der Waals surface area contributed by atoms with Gasteiger partial charge in [0.1, 0.15) is 5.82 Å². The van der Waals surface area contributed by atoms with Gasteiger partial charge in [-0.2, -0.15) is 0 Å². The summed E-state index contributed by atoms with van der Waals surface area (Å²) in [5.41, 5.74) is 4.74. The molecule has 0 saturated carbocycles. The molecule has 0 atom stereocenters. The molecular formula is C13H13FN2. The highest BCUT2D eigenvalue weighted by Crippen LogP contribution is 2.23. The number of halogens is 1. The highest BCUT2D eigenvalue weighted by atomic mass is 19.1. The number of rotatable bonds is 1. The number of hydrogen-bond acceptors (Lipinski definition) is 1. The Labute approximate surface area is 93.5 Å². The van der Waals surface area contributed by atoms with Crippen LogP contribution in [0.5, 0.6) is 0 Å². The molecule has 16 heavy (non-hydrogen) atoms. The summed E-state index contributed by atoms with van der Waals surface area (Å²) in [6.45, 7) is 1.93. The van der Waals surface area contributed by atoms with Crippen molar-refractivity contribution in [3.8, 4) is 11.3 Å². The van der Waals surface area contributed by atoms with Crippen molar-refractivity contribution in [2.45, 2.75) is 13.0 Å². The number of hydrogen-bond donors (Lipinski definition) is 2. The fourth-order valence-corrected chi connectivity index (χ4v) is 2.14. The Balaban J connectivity index is 2.00. The fraction of sp³-hybridized carbons (Fsp3) is 0.231. The first-order chi connectivity index (χ1) is 7.83. The van der Waals surface area contributed by atoms with Gasteiger partial charge in [-0.1, -0.05) is 0 Å². The lowest BCUT2D eigenvalue weighted by Crippen LogP contribution is -2.22. The largest absolute Gasteiger partial charge is 0.357 e. The van der Waals surface area contributed by atoms with Crippen LogP contribution < -0.4 is 5.32 Å². The summed E-state index contributed by atoms with van der Waals surface area (Å²) in [5.74, 6) is -0.193. The number of benzene rings is 1. The van der Waals surface area contributed by atoms with E-state index in [1.807, 2.05) is 0 Å². The zero-order chi connectivity index (χ0) is 11.0. The number of nitrogens with one attached hydrogen (secondary N) is 2. The zero-order valence-electron chi connectivity index (χ0n) is 8.89. The van der Waals surface area contributed by atoms with Gasteiger partial charge < -0.3 is 10.3 Å². The third-order valence-electron chi connectivity index (χ3n) is 3.02. The predicted molar refractivity (Wildman–Crippen MR) is 61.6 cm³/mol. The first-order valence-electron chi connectivity index (χ1n) is 5.50. The molecule has 0 aliphatic carbocycles. The molecule has 0 unspecified atom stereocenters. The maximum absolute atomic E-state index is 12.8. The van der Waals surface area contributed by atoms with Crippen LogP contribution in [0.15, 0.2) is 30.3 Å². The maximum Gasteiger partial charge on any atom is 0.123 e. The molecule has 1 aromatic carbocycles. The molecule has 82 valence electrons. The topological polar surface area (TPSA) is 27.8 Å². The lowest BCUT2D eigenvalue weighted by molar-refractivity contribution is 0.628. The fourth-order valence-electron chi connectivity index (χ4n) is 2.14. The van der Waals surface area contributed by atoms with Crippen molar-refractivity contribution in [1.29, 1.82) is 0 Å². The Hall–Kier alpha value is -1.61. The molecule has 3 rings (SSSR count). The Morgan fingerprint density at radius 2 is 1.94 bits per heavy atom. The smallest absolute Gasteiger partial charge is 0.123 e. The second-order valence-corrected chi connectivity index (χ2v) is 4.12. The van der Waals surface area contributed by atoms with Crippen LogP contribution in [0.1, 0.15) is 11.3 Å². The molecule has 0 spiro atoms. The van der Waals surface area contributed by atoms with Crippen LogP contribution in [0.25, 0.3) is 11.3 Å². The Morgan fingerprint density at radius 3 is 2.69 bits per heavy atom. The van der Waals surface area contributed by atoms with Crippen molar-refractivity contribution in [2.24, 2.45) is 0 Å². The molecule has 2 heterocycles. The van der Waals surface area contributed by atoms with Gasteiger partial charge in [-0.05, 0) is 54.4 Å². The molecule has 2 aromatic rings. The van der Waals surface area contributed by atoms with E-state index in [1.165, 1.54) is 23.4 Å². The molecule has 0 fully saturated rings. The van der Waals surface area contributed by atoms with Crippen LogP contribution in [0.2, 0.25) is 0 Å². The third-order valence-corrected chi connectivity index (χ3v) is 3.02. The van der Waals surface area contributed by atoms with Crippen molar-refractivity contribution in [2.75, 3.05) is 6.54 Å². The Bertz CT molecular complexity index is 476. The van der Waals surface area contributed by atoms with Crippen LogP contribution >= 0.6 is 0 Å². The van der Waals surface area contributed by atoms with Gasteiger partial charge in [0.05, 0.1) is 0 Å². The summed E-state index contributed by atoms with van der Waals surface area (Å²) in [6.07, 6.45) is 1.06. The lowest BCUT2D eigenvalue weighted by atomic mass is 10.1. The summed E-state index contributed by atoms with van der Waals surface area (Å²) < 4.78 is 12.8. The van der Waals surface area contributed by atoms with Crippen molar-refractivity contribution >= 4 is 0 Å². The van der Waals surface area contributed by atoms with Crippen molar-refractivity contribution in [3.05, 3.63) is 47.4 Å². The van der Waals surface area contributed by atoms with Gasteiger partial charge in [0.2, 0.25) is 0 Å². The summed E-state index contributed by atoms with van der Waals surface area (Å²) in [6, 6.07) is 8.77. The number of fused-ring (bicyclic) bond motifs is 1. The van der Waals surface area contributed by atoms with E-state index in [4.69, 9.17) is 0 Å². The van der Waals surface area contributed by atoms with Crippen LogP contribution in [0.3, 0.4) is 0 Å². The van der Waals surface area contributed by atoms with Gasteiger partial charge in [0.25, 0.3) is 0 Å². The molecule has 1 aromatic heterocycles. The SMILES string of the molecule is Fc1ccc(-c2cc3c([nH]2)CNCC3)cc1. The van der Waals surface area contributed by atoms with Crippen molar-refractivity contribution in [1.82, 2.24) is 10.3 Å². The van der Waals surface area contributed by atoms with E-state index in [-0.39, 0.29) is 5.82 Å². The molecule has 2 N–H and O–H groups in total. The van der Waals surface area contributed by atoms with Crippen LogP contribution in [0, 0.1) is 5.82 Å². The molecule has 0 bridgehead atoms. The zero-order valence-corrected chi connectivity index (χ0v) is 8.89. The van der Waals surface area contributed by atoms with E-state index < -0.39 is 0 Å². The first-order valence-corrected chi connectivity index (χ1v) is 5.50. The van der Waals surface area contributed by atoms with E-state index in [0.29, 0.717) is 0 Å². The van der Waals surface area contributed by atoms with Gasteiger partial charge in [-0.15, -0.1) is 0 Å². The standard InChI is InChI=1S/C13H13FN2/c14-11-3-1-9(2-4-11)12-7-10-5-6-15-8-13(10)16-12/h1-4,7,15-16H,5-6,8H2. The van der Waals surface area contributed by atoms with Gasteiger partial charge in [0.15, 0.2) is 0 Å². The first kappa shape index (κ1) is 9.60. The average Bonchev–Trinajstić information content (AvgIpc) is 2.73. The normalized spacial score (nSPS) is 14.8. The second-order valence-electron chi connectivity index (χ2n) is 4.12. The van der Waals surface area contributed by atoms with Crippen LogP contribution in [0.4, 0.5) is 4.39 Å². The molecule has 0 saturated heterocycles. The molecule has 3 heteroatoms. The second kappa shape index (κ2) is 3.76. The van der Waals surface area contributed by atoms with E-state index in [9.17, 15) is 4.39 Å². The average molecular weight is 216 g/mol.